The first kappa shape index (κ1) is 54.4. The number of Topliss-reactive ketones (excluding diaryl/α,β-unsaturated/α-hetero) is 4. The number of aliphatic hydroxyl groups is 5. The van der Waals surface area contributed by atoms with E-state index in [0.29, 0.717) is 69.8 Å². The van der Waals surface area contributed by atoms with E-state index in [4.69, 9.17) is 9.47 Å². The van der Waals surface area contributed by atoms with Gasteiger partial charge >= 0.3 is 0 Å². The Morgan fingerprint density at radius 3 is 2.23 bits per heavy atom. The number of piperidine rings is 1. The molecule has 13 nitrogen and oxygen atoms in total. The zero-order valence-electron chi connectivity index (χ0n) is 40.4. The number of carbonyl (C=O) groups is 5. The number of ketones is 4. The Kier molecular flexibility index (Phi) is 21.2. The number of aliphatic hydroxyl groups excluding tert-OH is 4. The number of rotatable bonds is 6. The number of fused-ring (bicyclic) bond motifs is 3. The molecule has 65 heavy (non-hydrogen) atoms. The molecule has 3 heterocycles. The van der Waals surface area contributed by atoms with Gasteiger partial charge < -0.3 is 39.9 Å². The SMILES string of the molecule is CO[C@@H]1C[C@@H]2CC[C@@H](C)[C@@](O)(O2)C(=O)C(=O)N2CCCC[C@H]2C(=O)C[C@H]([C@H](C)C[C@@H]2CC[C@@H](O)[C@H](CO)C2)CC(=O)[C@H](C)/C=C(\C)[C@@H](O)[C@@H](CO)C(=O)[C@@H](C)C[C@H](C)/C=C/C=CC=C1C. The number of ether oxygens (including phenoxy) is 2. The molecule has 0 aromatic heterocycles. The van der Waals surface area contributed by atoms with Gasteiger partial charge in [-0.25, -0.2) is 0 Å². The van der Waals surface area contributed by atoms with E-state index >= 15 is 0 Å². The molecule has 1 amide bonds. The van der Waals surface area contributed by atoms with Gasteiger partial charge in [0.1, 0.15) is 11.6 Å². The van der Waals surface area contributed by atoms with Crippen LogP contribution in [0.2, 0.25) is 0 Å². The predicted octanol–water partition coefficient (Wildman–Crippen LogP) is 6.03. The zero-order chi connectivity index (χ0) is 48.2. The van der Waals surface area contributed by atoms with Crippen molar-refractivity contribution in [3.05, 3.63) is 47.6 Å². The first-order valence-corrected chi connectivity index (χ1v) is 24.4. The Morgan fingerprint density at radius 1 is 0.846 bits per heavy atom. The van der Waals surface area contributed by atoms with Gasteiger partial charge in [0, 0.05) is 63.2 Å². The Hall–Kier alpha value is -3.17. The standard InChI is InChI=1S/C52H81NO12/c1-31-14-10-9-11-15-32(2)47(64-8)28-41-19-17-37(7)52(63,65-41)50(61)51(62)53-21-13-12-16-43(53)46(58)27-39(33(3)24-38-18-20-44(56)40(25-38)29-54)26-45(57)34(4)23-36(6)49(60)42(30-55)48(59)35(5)22-31/h9-11,14-15,23,31,33-35,37-44,47,49,54-56,60,63H,12-13,16-22,24-30H2,1-8H3/b11-9?,14-10+,32-15?,36-23+/t31-,33-,34-,35+,37-,38+,39-,40+,41+,42+,43+,44-,47-,49-,52-/m1/s1. The van der Waals surface area contributed by atoms with E-state index in [-0.39, 0.29) is 67.0 Å². The van der Waals surface area contributed by atoms with E-state index in [1.807, 2.05) is 51.2 Å². The summed E-state index contributed by atoms with van der Waals surface area (Å²) in [5, 5.41) is 54.1. The third-order valence-corrected chi connectivity index (χ3v) is 15.2. The van der Waals surface area contributed by atoms with Crippen molar-refractivity contribution in [2.75, 3.05) is 26.9 Å². The lowest BCUT2D eigenvalue weighted by Gasteiger charge is -2.43. The highest BCUT2D eigenvalue weighted by molar-refractivity contribution is 6.39. The van der Waals surface area contributed by atoms with Gasteiger partial charge in [-0.1, -0.05) is 71.1 Å². The molecule has 4 rings (SSSR count). The molecule has 15 atom stereocenters. The Morgan fingerprint density at radius 2 is 1.55 bits per heavy atom. The summed E-state index contributed by atoms with van der Waals surface area (Å²) in [7, 11) is 1.58. The summed E-state index contributed by atoms with van der Waals surface area (Å²) in [6.07, 6.45) is 14.0. The molecule has 3 aliphatic heterocycles. The molecule has 3 fully saturated rings. The van der Waals surface area contributed by atoms with Crippen LogP contribution in [0.15, 0.2) is 47.6 Å². The molecule has 0 radical (unpaired) electrons. The molecular weight excluding hydrogens is 831 g/mol. The molecule has 0 spiro atoms. The van der Waals surface area contributed by atoms with Gasteiger partial charge in [-0.05, 0) is 113 Å². The number of nitrogens with zero attached hydrogens (tertiary/aromatic N) is 1. The van der Waals surface area contributed by atoms with E-state index in [0.717, 1.165) is 12.0 Å². The van der Waals surface area contributed by atoms with Crippen LogP contribution in [0.5, 0.6) is 0 Å². The highest BCUT2D eigenvalue weighted by Gasteiger charge is 2.53. The van der Waals surface area contributed by atoms with Crippen LogP contribution in [-0.2, 0) is 33.4 Å². The van der Waals surface area contributed by atoms with Crippen molar-refractivity contribution in [3.8, 4) is 0 Å². The third-order valence-electron chi connectivity index (χ3n) is 15.2. The van der Waals surface area contributed by atoms with Crippen LogP contribution < -0.4 is 0 Å². The number of hydrogen-bond acceptors (Lipinski definition) is 12. The molecule has 5 N–H and O–H groups in total. The zero-order valence-corrected chi connectivity index (χ0v) is 40.4. The molecule has 13 heteroatoms. The van der Waals surface area contributed by atoms with Gasteiger partial charge in [-0.15, -0.1) is 0 Å². The number of carbonyl (C=O) groups excluding carboxylic acids is 5. The lowest BCUT2D eigenvalue weighted by Crippen LogP contribution is -2.60. The smallest absolute Gasteiger partial charge is 0.296 e. The minimum atomic E-state index is -2.40. The molecule has 4 aliphatic rings. The molecule has 366 valence electrons. The second-order valence-electron chi connectivity index (χ2n) is 20.3. The normalized spacial score (nSPS) is 39.2. The monoisotopic (exact) mass is 912 g/mol. The lowest BCUT2D eigenvalue weighted by molar-refractivity contribution is -0.265. The molecule has 2 saturated heterocycles. The van der Waals surface area contributed by atoms with Crippen LogP contribution in [0.4, 0.5) is 0 Å². The number of methoxy groups -OCH3 is 1. The minimum Gasteiger partial charge on any atom is -0.396 e. The van der Waals surface area contributed by atoms with Crippen molar-refractivity contribution in [3.63, 3.8) is 0 Å². The first-order valence-electron chi connectivity index (χ1n) is 24.4. The van der Waals surface area contributed by atoms with Crippen LogP contribution in [-0.4, -0.2) is 123 Å². The fourth-order valence-electron chi connectivity index (χ4n) is 10.8. The van der Waals surface area contributed by atoms with Crippen LogP contribution in [0.25, 0.3) is 0 Å². The summed E-state index contributed by atoms with van der Waals surface area (Å²) in [5.41, 5.74) is 1.26. The second-order valence-corrected chi connectivity index (χ2v) is 20.3. The summed E-state index contributed by atoms with van der Waals surface area (Å²) >= 11 is 0. The molecule has 0 aromatic carbocycles. The van der Waals surface area contributed by atoms with E-state index in [1.165, 1.54) is 4.90 Å². The Bertz CT molecular complexity index is 1750. The summed E-state index contributed by atoms with van der Waals surface area (Å²) in [6.45, 7) is 12.2. The van der Waals surface area contributed by atoms with Crippen molar-refractivity contribution < 1.29 is 59.0 Å². The molecule has 1 aliphatic carbocycles. The lowest BCUT2D eigenvalue weighted by atomic mass is 9.72. The Labute approximate surface area is 387 Å². The van der Waals surface area contributed by atoms with Gasteiger partial charge in [0.15, 0.2) is 5.78 Å². The molecule has 0 aromatic rings. The quantitative estimate of drug-likeness (QED) is 0.153. The summed E-state index contributed by atoms with van der Waals surface area (Å²) in [6, 6.07) is -0.940. The van der Waals surface area contributed by atoms with Crippen molar-refractivity contribution in [2.45, 2.75) is 168 Å². The molecule has 2 bridgehead atoms. The number of hydrogen-bond donors (Lipinski definition) is 5. The maximum Gasteiger partial charge on any atom is 0.296 e. The highest BCUT2D eigenvalue weighted by Crippen LogP contribution is 2.39. The van der Waals surface area contributed by atoms with Crippen molar-refractivity contribution >= 4 is 29.0 Å². The van der Waals surface area contributed by atoms with Crippen LogP contribution in [0.3, 0.4) is 0 Å². The predicted molar refractivity (Wildman–Crippen MR) is 248 cm³/mol. The molecule has 1 saturated carbocycles. The fourth-order valence-corrected chi connectivity index (χ4v) is 10.8. The summed E-state index contributed by atoms with van der Waals surface area (Å²) in [5.74, 6) is -8.84. The Balaban J connectivity index is 1.70. The number of allylic oxidation sites excluding steroid dienone is 6. The largest absolute Gasteiger partial charge is 0.396 e. The van der Waals surface area contributed by atoms with E-state index in [1.54, 1.807) is 40.9 Å². The van der Waals surface area contributed by atoms with Gasteiger partial charge in [0.05, 0.1) is 43.0 Å². The van der Waals surface area contributed by atoms with Gasteiger partial charge in [0.25, 0.3) is 11.7 Å². The summed E-state index contributed by atoms with van der Waals surface area (Å²) in [4.78, 5) is 72.2. The van der Waals surface area contributed by atoms with E-state index in [9.17, 15) is 49.5 Å². The van der Waals surface area contributed by atoms with Crippen LogP contribution in [0.1, 0.15) is 132 Å². The van der Waals surface area contributed by atoms with Crippen LogP contribution in [0, 0.1) is 53.3 Å². The van der Waals surface area contributed by atoms with Gasteiger partial charge in [-0.2, -0.15) is 0 Å². The summed E-state index contributed by atoms with van der Waals surface area (Å²) < 4.78 is 12.0. The number of amides is 1. The first-order chi connectivity index (χ1) is 30.7. The molecular formula is C52H81NO12. The van der Waals surface area contributed by atoms with Crippen molar-refractivity contribution in [1.29, 1.82) is 0 Å². The minimum absolute atomic E-state index is 0.000160. The maximum atomic E-state index is 14.6. The maximum absolute atomic E-state index is 14.6. The molecule has 0 unspecified atom stereocenters. The van der Waals surface area contributed by atoms with Crippen LogP contribution >= 0.6 is 0 Å². The second kappa shape index (κ2) is 25.3. The third kappa shape index (κ3) is 14.4. The van der Waals surface area contributed by atoms with Gasteiger partial charge in [-0.3, -0.25) is 24.0 Å². The van der Waals surface area contributed by atoms with Crippen molar-refractivity contribution in [1.82, 2.24) is 4.90 Å². The highest BCUT2D eigenvalue weighted by atomic mass is 16.6. The van der Waals surface area contributed by atoms with Gasteiger partial charge in [0.2, 0.25) is 5.79 Å². The fraction of sp³-hybridized carbons (Fsp3) is 0.750. The average Bonchev–Trinajstić information content (AvgIpc) is 3.28. The average molecular weight is 912 g/mol. The van der Waals surface area contributed by atoms with E-state index < -0.39 is 84.1 Å². The van der Waals surface area contributed by atoms with E-state index in [2.05, 4.69) is 0 Å². The topological polar surface area (TPSA) is 208 Å². The van der Waals surface area contributed by atoms with Crippen molar-refractivity contribution in [2.24, 2.45) is 53.3 Å².